The van der Waals surface area contributed by atoms with Crippen LogP contribution in [0.1, 0.15) is 38.1 Å². The highest BCUT2D eigenvalue weighted by Crippen LogP contribution is 2.37. The Morgan fingerprint density at radius 3 is 2.95 bits per heavy atom. The molecule has 2 aromatic rings. The Morgan fingerprint density at radius 2 is 2.35 bits per heavy atom. The highest BCUT2D eigenvalue weighted by atomic mass is 32.2. The SMILES string of the molecule is CC(=N)c1ncc2c(CO)cc(SNC3(C)CC3)cn12. The fourth-order valence-corrected chi connectivity index (χ4v) is 3.00. The average Bonchev–Trinajstić information content (AvgIpc) is 3.00. The molecule has 0 bridgehead atoms. The van der Waals surface area contributed by atoms with Crippen molar-refractivity contribution in [1.29, 1.82) is 5.41 Å². The largest absolute Gasteiger partial charge is 0.392 e. The number of aliphatic hydroxyl groups is 1. The van der Waals surface area contributed by atoms with Crippen LogP contribution in [0.15, 0.2) is 23.4 Å². The zero-order valence-corrected chi connectivity index (χ0v) is 12.4. The van der Waals surface area contributed by atoms with Crippen molar-refractivity contribution in [2.75, 3.05) is 0 Å². The molecule has 3 N–H and O–H groups in total. The van der Waals surface area contributed by atoms with Gasteiger partial charge in [-0.1, -0.05) is 0 Å². The molecular weight excluding hydrogens is 272 g/mol. The minimum Gasteiger partial charge on any atom is -0.392 e. The summed E-state index contributed by atoms with van der Waals surface area (Å²) in [5.74, 6) is 0.620. The van der Waals surface area contributed by atoms with E-state index in [1.165, 1.54) is 12.8 Å². The van der Waals surface area contributed by atoms with E-state index in [0.717, 1.165) is 16.0 Å². The number of nitrogens with one attached hydrogen (secondary N) is 2. The number of hydrogen-bond acceptors (Lipinski definition) is 5. The Labute approximate surface area is 122 Å². The third kappa shape index (κ3) is 2.46. The predicted octanol–water partition coefficient (Wildman–Crippen LogP) is 2.36. The average molecular weight is 290 g/mol. The van der Waals surface area contributed by atoms with Gasteiger partial charge in [0.15, 0.2) is 5.82 Å². The Morgan fingerprint density at radius 1 is 1.60 bits per heavy atom. The van der Waals surface area contributed by atoms with Crippen molar-refractivity contribution in [3.63, 3.8) is 0 Å². The third-order valence-corrected chi connectivity index (χ3v) is 4.67. The van der Waals surface area contributed by atoms with Crippen LogP contribution < -0.4 is 4.72 Å². The van der Waals surface area contributed by atoms with Gasteiger partial charge in [0, 0.05) is 22.2 Å². The van der Waals surface area contributed by atoms with Crippen molar-refractivity contribution in [2.45, 2.75) is 43.7 Å². The molecule has 3 rings (SSSR count). The molecule has 0 aliphatic heterocycles. The number of nitrogens with zero attached hydrogens (tertiary/aromatic N) is 2. The quantitative estimate of drug-likeness (QED) is 0.584. The van der Waals surface area contributed by atoms with Crippen molar-refractivity contribution in [1.82, 2.24) is 14.1 Å². The fourth-order valence-electron chi connectivity index (χ4n) is 2.07. The molecule has 0 atom stereocenters. The molecule has 0 radical (unpaired) electrons. The van der Waals surface area contributed by atoms with Gasteiger partial charge in [-0.3, -0.25) is 9.12 Å². The van der Waals surface area contributed by atoms with E-state index in [9.17, 15) is 5.11 Å². The molecule has 20 heavy (non-hydrogen) atoms. The molecule has 0 saturated heterocycles. The van der Waals surface area contributed by atoms with Crippen molar-refractivity contribution >= 4 is 23.2 Å². The first-order chi connectivity index (χ1) is 9.52. The van der Waals surface area contributed by atoms with Crippen LogP contribution in [0.5, 0.6) is 0 Å². The summed E-state index contributed by atoms with van der Waals surface area (Å²) in [5, 5.41) is 17.3. The minimum atomic E-state index is -0.0304. The number of aromatic nitrogens is 2. The van der Waals surface area contributed by atoms with E-state index in [1.54, 1.807) is 25.1 Å². The summed E-state index contributed by atoms with van der Waals surface area (Å²) < 4.78 is 5.34. The van der Waals surface area contributed by atoms with Gasteiger partial charge in [-0.25, -0.2) is 4.98 Å². The van der Waals surface area contributed by atoms with E-state index in [-0.39, 0.29) is 12.1 Å². The Balaban J connectivity index is 1.99. The molecule has 0 unspecified atom stereocenters. The highest BCUT2D eigenvalue weighted by molar-refractivity contribution is 7.97. The maximum atomic E-state index is 9.52. The first kappa shape index (κ1) is 13.6. The van der Waals surface area contributed by atoms with Crippen LogP contribution in [0.3, 0.4) is 0 Å². The van der Waals surface area contributed by atoms with Crippen molar-refractivity contribution in [3.8, 4) is 0 Å². The molecule has 2 aromatic heterocycles. The van der Waals surface area contributed by atoms with Crippen LogP contribution in [-0.2, 0) is 6.61 Å². The molecule has 1 aliphatic carbocycles. The van der Waals surface area contributed by atoms with Crippen LogP contribution in [0, 0.1) is 5.41 Å². The molecule has 1 aliphatic rings. The molecule has 0 spiro atoms. The second kappa shape index (κ2) is 4.87. The molecule has 1 saturated carbocycles. The van der Waals surface area contributed by atoms with Gasteiger partial charge >= 0.3 is 0 Å². The topological polar surface area (TPSA) is 73.4 Å². The Hall–Kier alpha value is -1.37. The van der Waals surface area contributed by atoms with Gasteiger partial charge in [-0.2, -0.15) is 0 Å². The number of rotatable bonds is 5. The van der Waals surface area contributed by atoms with E-state index in [0.29, 0.717) is 11.5 Å². The first-order valence-corrected chi connectivity index (χ1v) is 7.44. The summed E-state index contributed by atoms with van der Waals surface area (Å²) >= 11 is 1.58. The Kier molecular flexibility index (Phi) is 3.32. The molecule has 106 valence electrons. The molecular formula is C14H18N4OS. The van der Waals surface area contributed by atoms with Gasteiger partial charge in [-0.05, 0) is 44.7 Å². The van der Waals surface area contributed by atoms with Crippen LogP contribution >= 0.6 is 11.9 Å². The van der Waals surface area contributed by atoms with E-state index in [4.69, 9.17) is 5.41 Å². The van der Waals surface area contributed by atoms with Gasteiger partial charge in [0.1, 0.15) is 0 Å². The summed E-state index contributed by atoms with van der Waals surface area (Å²) in [7, 11) is 0. The van der Waals surface area contributed by atoms with Gasteiger partial charge in [0.05, 0.1) is 24.0 Å². The van der Waals surface area contributed by atoms with Crippen LogP contribution in [-0.4, -0.2) is 25.7 Å². The van der Waals surface area contributed by atoms with Crippen molar-refractivity contribution in [2.24, 2.45) is 0 Å². The first-order valence-electron chi connectivity index (χ1n) is 6.63. The lowest BCUT2D eigenvalue weighted by Gasteiger charge is -2.12. The standard InChI is InChI=1S/C14H18N4OS/c1-9(15)13-16-6-12-10(8-19)5-11(7-18(12)13)20-17-14(2)3-4-14/h5-7,15,17,19H,3-4,8H2,1-2H3. The molecule has 5 nitrogen and oxygen atoms in total. The lowest BCUT2D eigenvalue weighted by molar-refractivity contribution is 0.282. The van der Waals surface area contributed by atoms with Gasteiger partial charge < -0.3 is 10.5 Å². The lowest BCUT2D eigenvalue weighted by Crippen LogP contribution is -2.20. The van der Waals surface area contributed by atoms with Gasteiger partial charge in [0.2, 0.25) is 0 Å². The van der Waals surface area contributed by atoms with Crippen LogP contribution in [0.4, 0.5) is 0 Å². The molecule has 0 amide bonds. The van der Waals surface area contributed by atoms with E-state index >= 15 is 0 Å². The molecule has 6 heteroatoms. The summed E-state index contributed by atoms with van der Waals surface area (Å²) in [6, 6.07) is 1.98. The van der Waals surface area contributed by atoms with E-state index < -0.39 is 0 Å². The monoisotopic (exact) mass is 290 g/mol. The number of aliphatic hydroxyl groups excluding tert-OH is 1. The summed E-state index contributed by atoms with van der Waals surface area (Å²) in [6.45, 7) is 3.89. The van der Waals surface area contributed by atoms with Gasteiger partial charge in [0.25, 0.3) is 0 Å². The van der Waals surface area contributed by atoms with Gasteiger partial charge in [-0.15, -0.1) is 0 Å². The maximum absolute atomic E-state index is 9.52. The molecule has 0 aromatic carbocycles. The predicted molar refractivity (Wildman–Crippen MR) is 80.2 cm³/mol. The number of pyridine rings is 1. The summed E-state index contributed by atoms with van der Waals surface area (Å²) in [6.07, 6.45) is 6.08. The second-order valence-electron chi connectivity index (χ2n) is 5.59. The van der Waals surface area contributed by atoms with Crippen LogP contribution in [0.2, 0.25) is 0 Å². The summed E-state index contributed by atoms with van der Waals surface area (Å²) in [4.78, 5) is 5.29. The van der Waals surface area contributed by atoms with Crippen molar-refractivity contribution in [3.05, 3.63) is 29.8 Å². The third-order valence-electron chi connectivity index (χ3n) is 3.62. The van der Waals surface area contributed by atoms with E-state index in [1.807, 2.05) is 16.7 Å². The second-order valence-corrected chi connectivity index (χ2v) is 6.47. The zero-order chi connectivity index (χ0) is 14.3. The Bertz CT molecular complexity index is 675. The van der Waals surface area contributed by atoms with E-state index in [2.05, 4.69) is 16.6 Å². The number of hydrogen-bond donors (Lipinski definition) is 3. The molecule has 1 fully saturated rings. The minimum absolute atomic E-state index is 0.0304. The lowest BCUT2D eigenvalue weighted by atomic mass is 10.2. The number of imidazole rings is 1. The smallest absolute Gasteiger partial charge is 0.157 e. The zero-order valence-electron chi connectivity index (χ0n) is 11.6. The van der Waals surface area contributed by atoms with Crippen LogP contribution in [0.25, 0.3) is 5.52 Å². The van der Waals surface area contributed by atoms with Crippen molar-refractivity contribution < 1.29 is 5.11 Å². The fraction of sp³-hybridized carbons (Fsp3) is 0.429. The molecule has 2 heterocycles. The summed E-state index contributed by atoms with van der Waals surface area (Å²) in [5.41, 5.74) is 2.35. The number of fused-ring (bicyclic) bond motifs is 1. The maximum Gasteiger partial charge on any atom is 0.157 e. The highest BCUT2D eigenvalue weighted by Gasteiger charge is 2.37. The normalized spacial score (nSPS) is 16.6.